The molecule has 3 nitrogen and oxygen atoms in total. The molecule has 0 heterocycles. The second-order valence-corrected chi connectivity index (χ2v) is 3.17. The van der Waals surface area contributed by atoms with E-state index in [1.165, 1.54) is 6.07 Å². The summed E-state index contributed by atoms with van der Waals surface area (Å²) in [6.07, 6.45) is 1.65. The molecule has 70 valence electrons. The van der Waals surface area contributed by atoms with Gasteiger partial charge in [-0.3, -0.25) is 0 Å². The van der Waals surface area contributed by atoms with Gasteiger partial charge in [-0.25, -0.2) is 9.18 Å². The molecular weight excluding hydrogens is 193 g/mol. The Bertz CT molecular complexity index is 354. The van der Waals surface area contributed by atoms with Crippen molar-refractivity contribution in [2.24, 2.45) is 0 Å². The summed E-state index contributed by atoms with van der Waals surface area (Å²) in [7, 11) is 0. The molecule has 0 bridgehead atoms. The monoisotopic (exact) mass is 201 g/mol. The summed E-state index contributed by atoms with van der Waals surface area (Å²) in [5.74, 6) is -2.06. The Labute approximate surface area is 78.7 Å². The maximum Gasteiger partial charge on any atom is 0.339 e. The van der Waals surface area contributed by atoms with Crippen LogP contribution >= 0.6 is 11.8 Å². The van der Waals surface area contributed by atoms with E-state index in [2.05, 4.69) is 0 Å². The van der Waals surface area contributed by atoms with Crippen molar-refractivity contribution < 1.29 is 14.3 Å². The third-order valence-electron chi connectivity index (χ3n) is 1.56. The average Bonchev–Trinajstić information content (AvgIpc) is 2.07. The Hall–Kier alpha value is -1.23. The Morgan fingerprint density at radius 1 is 1.62 bits per heavy atom. The number of rotatable bonds is 2. The topological polar surface area (TPSA) is 63.3 Å². The molecule has 0 aliphatic rings. The highest BCUT2D eigenvalue weighted by Crippen LogP contribution is 2.28. The summed E-state index contributed by atoms with van der Waals surface area (Å²) in [4.78, 5) is 10.9. The zero-order valence-corrected chi connectivity index (χ0v) is 7.69. The van der Waals surface area contributed by atoms with E-state index in [1.54, 1.807) is 6.26 Å². The molecule has 0 atom stereocenters. The fourth-order valence-corrected chi connectivity index (χ4v) is 1.69. The van der Waals surface area contributed by atoms with Gasteiger partial charge in [0.2, 0.25) is 0 Å². The van der Waals surface area contributed by atoms with Crippen molar-refractivity contribution in [3.05, 3.63) is 23.5 Å². The Morgan fingerprint density at radius 3 is 2.62 bits per heavy atom. The van der Waals surface area contributed by atoms with Crippen LogP contribution in [0.15, 0.2) is 17.0 Å². The second kappa shape index (κ2) is 3.66. The first kappa shape index (κ1) is 9.85. The van der Waals surface area contributed by atoms with E-state index in [1.807, 2.05) is 0 Å². The van der Waals surface area contributed by atoms with Crippen molar-refractivity contribution in [2.75, 3.05) is 12.0 Å². The summed E-state index contributed by atoms with van der Waals surface area (Å²) in [5.41, 5.74) is 5.42. The molecule has 0 aliphatic heterocycles. The number of benzene rings is 1. The number of aromatic carboxylic acids is 1. The van der Waals surface area contributed by atoms with Gasteiger partial charge in [-0.15, -0.1) is 11.8 Å². The number of hydrogen-bond acceptors (Lipinski definition) is 3. The molecule has 0 amide bonds. The third kappa shape index (κ3) is 1.75. The van der Waals surface area contributed by atoms with Crippen molar-refractivity contribution in [3.8, 4) is 0 Å². The second-order valence-electron chi connectivity index (χ2n) is 2.35. The van der Waals surface area contributed by atoms with Crippen LogP contribution in [0.2, 0.25) is 0 Å². The van der Waals surface area contributed by atoms with E-state index < -0.39 is 11.8 Å². The zero-order chi connectivity index (χ0) is 10.0. The fraction of sp³-hybridized carbons (Fsp3) is 0.125. The molecule has 0 saturated carbocycles. The lowest BCUT2D eigenvalue weighted by Crippen LogP contribution is -2.05. The molecular formula is C8H8FNO2S. The van der Waals surface area contributed by atoms with Crippen molar-refractivity contribution in [3.63, 3.8) is 0 Å². The molecule has 1 aromatic carbocycles. The Morgan fingerprint density at radius 2 is 2.23 bits per heavy atom. The number of carbonyl (C=O) groups is 1. The highest BCUT2D eigenvalue weighted by Gasteiger charge is 2.17. The molecule has 1 rings (SSSR count). The van der Waals surface area contributed by atoms with Crippen LogP contribution in [0.4, 0.5) is 10.1 Å². The van der Waals surface area contributed by atoms with Gasteiger partial charge >= 0.3 is 5.97 Å². The highest BCUT2D eigenvalue weighted by molar-refractivity contribution is 7.98. The molecule has 0 aliphatic carbocycles. The first-order valence-corrected chi connectivity index (χ1v) is 4.65. The molecule has 0 spiro atoms. The molecule has 0 radical (unpaired) electrons. The van der Waals surface area contributed by atoms with E-state index >= 15 is 0 Å². The maximum absolute atomic E-state index is 13.0. The lowest BCUT2D eigenvalue weighted by atomic mass is 10.2. The molecule has 0 unspecified atom stereocenters. The van der Waals surface area contributed by atoms with Crippen molar-refractivity contribution in [1.29, 1.82) is 0 Å². The number of nitrogen functional groups attached to an aromatic ring is 1. The number of thioether (sulfide) groups is 1. The molecule has 1 aromatic rings. The Kier molecular flexibility index (Phi) is 2.77. The third-order valence-corrected chi connectivity index (χ3v) is 2.40. The van der Waals surface area contributed by atoms with Crippen molar-refractivity contribution in [2.45, 2.75) is 4.90 Å². The summed E-state index contributed by atoms with van der Waals surface area (Å²) >= 11 is 1.12. The zero-order valence-electron chi connectivity index (χ0n) is 6.87. The molecule has 0 fully saturated rings. The van der Waals surface area contributed by atoms with Crippen LogP contribution in [-0.4, -0.2) is 17.3 Å². The van der Waals surface area contributed by atoms with Gasteiger partial charge in [0.1, 0.15) is 11.4 Å². The number of nitrogens with two attached hydrogens (primary N) is 1. The fourth-order valence-electron chi connectivity index (χ4n) is 0.994. The minimum absolute atomic E-state index is 0.271. The van der Waals surface area contributed by atoms with Crippen LogP contribution in [0.5, 0.6) is 0 Å². The van der Waals surface area contributed by atoms with Gasteiger partial charge < -0.3 is 10.8 Å². The molecule has 3 N–H and O–H groups in total. The van der Waals surface area contributed by atoms with E-state index in [-0.39, 0.29) is 16.1 Å². The lowest BCUT2D eigenvalue weighted by Gasteiger charge is -2.06. The lowest BCUT2D eigenvalue weighted by molar-refractivity contribution is 0.0688. The van der Waals surface area contributed by atoms with Gasteiger partial charge in [0.15, 0.2) is 0 Å². The first-order chi connectivity index (χ1) is 6.07. The number of carboxylic acid groups (broad SMARTS) is 1. The highest BCUT2D eigenvalue weighted by atomic mass is 32.2. The minimum atomic E-state index is -1.30. The summed E-state index contributed by atoms with van der Waals surface area (Å²) in [5, 5.41) is 8.69. The number of halogens is 1. The van der Waals surface area contributed by atoms with Gasteiger partial charge in [-0.05, 0) is 18.4 Å². The smallest absolute Gasteiger partial charge is 0.339 e. The predicted molar refractivity (Wildman–Crippen MR) is 49.6 cm³/mol. The molecule has 13 heavy (non-hydrogen) atoms. The summed E-state index contributed by atoms with van der Waals surface area (Å²) < 4.78 is 13.0. The quantitative estimate of drug-likeness (QED) is 0.566. The van der Waals surface area contributed by atoms with E-state index in [0.717, 1.165) is 17.8 Å². The van der Waals surface area contributed by atoms with Crippen molar-refractivity contribution >= 4 is 23.4 Å². The van der Waals surface area contributed by atoms with Crippen LogP contribution in [0.3, 0.4) is 0 Å². The standard InChI is InChI=1S/C8H8FNO2S/c1-13-7-5(10)3-2-4(9)6(7)8(11)12/h2-3H,10H2,1H3,(H,11,12). The van der Waals surface area contributed by atoms with E-state index in [4.69, 9.17) is 10.8 Å². The normalized spacial score (nSPS) is 10.0. The van der Waals surface area contributed by atoms with Crippen LogP contribution < -0.4 is 5.73 Å². The van der Waals surface area contributed by atoms with Crippen LogP contribution in [0.25, 0.3) is 0 Å². The Balaban J connectivity index is 3.43. The van der Waals surface area contributed by atoms with Crippen LogP contribution in [0.1, 0.15) is 10.4 Å². The minimum Gasteiger partial charge on any atom is -0.478 e. The summed E-state index contributed by atoms with van der Waals surface area (Å²) in [6, 6.07) is 2.41. The van der Waals surface area contributed by atoms with E-state index in [0.29, 0.717) is 0 Å². The van der Waals surface area contributed by atoms with Gasteiger partial charge in [0, 0.05) is 10.6 Å². The SMILES string of the molecule is CSc1c(N)ccc(F)c1C(=O)O. The van der Waals surface area contributed by atoms with Crippen LogP contribution in [-0.2, 0) is 0 Å². The van der Waals surface area contributed by atoms with Gasteiger partial charge in [0.25, 0.3) is 0 Å². The van der Waals surface area contributed by atoms with Crippen LogP contribution in [0, 0.1) is 5.82 Å². The number of carboxylic acids is 1. The van der Waals surface area contributed by atoms with E-state index in [9.17, 15) is 9.18 Å². The molecule has 0 aromatic heterocycles. The molecule has 0 saturated heterocycles. The largest absolute Gasteiger partial charge is 0.478 e. The molecule has 5 heteroatoms. The number of hydrogen-bond donors (Lipinski definition) is 2. The number of anilines is 1. The van der Waals surface area contributed by atoms with Gasteiger partial charge in [0.05, 0.1) is 0 Å². The summed E-state index contributed by atoms with van der Waals surface area (Å²) in [6.45, 7) is 0. The average molecular weight is 201 g/mol. The van der Waals surface area contributed by atoms with Gasteiger partial charge in [-0.2, -0.15) is 0 Å². The maximum atomic E-state index is 13.0. The first-order valence-electron chi connectivity index (χ1n) is 3.43. The van der Waals surface area contributed by atoms with Crippen molar-refractivity contribution in [1.82, 2.24) is 0 Å². The van der Waals surface area contributed by atoms with Gasteiger partial charge in [-0.1, -0.05) is 0 Å². The predicted octanol–water partition coefficient (Wildman–Crippen LogP) is 1.83.